The van der Waals surface area contributed by atoms with E-state index < -0.39 is 0 Å². The zero-order valence-electron chi connectivity index (χ0n) is 6.34. The Morgan fingerprint density at radius 1 is 1.50 bits per heavy atom. The van der Waals surface area contributed by atoms with Crippen molar-refractivity contribution in [2.75, 3.05) is 5.73 Å². The zero-order chi connectivity index (χ0) is 8.55. The van der Waals surface area contributed by atoms with Gasteiger partial charge in [0, 0.05) is 5.69 Å². The zero-order valence-corrected chi connectivity index (χ0v) is 7.10. The standard InChI is InChI=1S/C8H8ClN3/c9-4-8-11-6-2-1-5(10)3-7(6)12-8/h1-3H,4,10H2,(H,11,12). The second-order valence-electron chi connectivity index (χ2n) is 2.59. The summed E-state index contributed by atoms with van der Waals surface area (Å²) in [6.45, 7) is 0. The Bertz CT molecular complexity index is 408. The van der Waals surface area contributed by atoms with Gasteiger partial charge in [-0.1, -0.05) is 0 Å². The second kappa shape index (κ2) is 2.68. The number of rotatable bonds is 1. The largest absolute Gasteiger partial charge is 0.399 e. The lowest BCUT2D eigenvalue weighted by molar-refractivity contribution is 1.13. The van der Waals surface area contributed by atoms with Crippen molar-refractivity contribution in [2.45, 2.75) is 5.88 Å². The van der Waals surface area contributed by atoms with Crippen LogP contribution in [0.2, 0.25) is 0 Å². The maximum Gasteiger partial charge on any atom is 0.122 e. The number of imidazole rings is 1. The minimum atomic E-state index is 0.397. The van der Waals surface area contributed by atoms with E-state index in [0.29, 0.717) is 5.88 Å². The van der Waals surface area contributed by atoms with Crippen molar-refractivity contribution < 1.29 is 0 Å². The van der Waals surface area contributed by atoms with Crippen LogP contribution in [-0.2, 0) is 5.88 Å². The highest BCUT2D eigenvalue weighted by Gasteiger charge is 2.00. The monoisotopic (exact) mass is 181 g/mol. The van der Waals surface area contributed by atoms with E-state index >= 15 is 0 Å². The molecule has 4 heteroatoms. The fourth-order valence-corrected chi connectivity index (χ4v) is 1.27. The Kier molecular flexibility index (Phi) is 1.66. The Morgan fingerprint density at radius 3 is 3.08 bits per heavy atom. The molecule has 1 aromatic carbocycles. The molecule has 0 saturated carbocycles. The molecule has 0 saturated heterocycles. The number of nitrogens with zero attached hydrogens (tertiary/aromatic N) is 1. The van der Waals surface area contributed by atoms with E-state index in [1.54, 1.807) is 0 Å². The maximum atomic E-state index is 5.61. The first-order chi connectivity index (χ1) is 5.79. The lowest BCUT2D eigenvalue weighted by atomic mass is 10.3. The van der Waals surface area contributed by atoms with Crippen molar-refractivity contribution in [1.29, 1.82) is 0 Å². The van der Waals surface area contributed by atoms with Gasteiger partial charge in [0.25, 0.3) is 0 Å². The van der Waals surface area contributed by atoms with Crippen LogP contribution in [-0.4, -0.2) is 9.97 Å². The van der Waals surface area contributed by atoms with Crippen LogP contribution < -0.4 is 5.73 Å². The van der Waals surface area contributed by atoms with Crippen LogP contribution >= 0.6 is 11.6 Å². The minimum absolute atomic E-state index is 0.397. The number of anilines is 1. The number of hydrogen-bond donors (Lipinski definition) is 2. The molecule has 0 amide bonds. The van der Waals surface area contributed by atoms with Crippen LogP contribution in [0.5, 0.6) is 0 Å². The molecular weight excluding hydrogens is 174 g/mol. The molecule has 0 aliphatic heterocycles. The van der Waals surface area contributed by atoms with E-state index in [-0.39, 0.29) is 0 Å². The number of benzene rings is 1. The van der Waals surface area contributed by atoms with Gasteiger partial charge >= 0.3 is 0 Å². The van der Waals surface area contributed by atoms with Crippen molar-refractivity contribution in [1.82, 2.24) is 9.97 Å². The molecule has 62 valence electrons. The average Bonchev–Trinajstić information content (AvgIpc) is 2.46. The molecule has 0 spiro atoms. The number of alkyl halides is 1. The summed E-state index contributed by atoms with van der Waals surface area (Å²) in [5.74, 6) is 1.17. The van der Waals surface area contributed by atoms with Gasteiger partial charge in [-0.05, 0) is 18.2 Å². The summed E-state index contributed by atoms with van der Waals surface area (Å²) in [7, 11) is 0. The predicted octanol–water partition coefficient (Wildman–Crippen LogP) is 1.88. The smallest absolute Gasteiger partial charge is 0.122 e. The first kappa shape index (κ1) is 7.43. The Labute approximate surface area is 74.5 Å². The van der Waals surface area contributed by atoms with Crippen LogP contribution in [0.3, 0.4) is 0 Å². The Balaban J connectivity index is 2.67. The second-order valence-corrected chi connectivity index (χ2v) is 2.86. The fourth-order valence-electron chi connectivity index (χ4n) is 1.14. The van der Waals surface area contributed by atoms with Crippen molar-refractivity contribution in [2.24, 2.45) is 0 Å². The number of nitrogens with one attached hydrogen (secondary N) is 1. The molecule has 3 N–H and O–H groups in total. The van der Waals surface area contributed by atoms with Gasteiger partial charge in [-0.3, -0.25) is 0 Å². The lowest BCUT2D eigenvalue weighted by Gasteiger charge is -1.89. The highest BCUT2D eigenvalue weighted by atomic mass is 35.5. The minimum Gasteiger partial charge on any atom is -0.399 e. The average molecular weight is 182 g/mol. The maximum absolute atomic E-state index is 5.61. The van der Waals surface area contributed by atoms with Gasteiger partial charge in [-0.2, -0.15) is 0 Å². The van der Waals surface area contributed by atoms with Gasteiger partial charge < -0.3 is 10.7 Å². The number of hydrogen-bond acceptors (Lipinski definition) is 2. The van der Waals surface area contributed by atoms with E-state index in [4.69, 9.17) is 17.3 Å². The number of nitrogens with two attached hydrogens (primary N) is 1. The number of fused-ring (bicyclic) bond motifs is 1. The molecule has 12 heavy (non-hydrogen) atoms. The predicted molar refractivity (Wildman–Crippen MR) is 50.1 cm³/mol. The number of H-pyrrole nitrogens is 1. The van der Waals surface area contributed by atoms with Gasteiger partial charge in [-0.25, -0.2) is 4.98 Å². The molecule has 0 unspecified atom stereocenters. The SMILES string of the molecule is Nc1ccc2nc(CCl)[nH]c2c1. The molecular formula is C8H8ClN3. The van der Waals surface area contributed by atoms with E-state index in [0.717, 1.165) is 22.5 Å². The van der Waals surface area contributed by atoms with E-state index in [9.17, 15) is 0 Å². The number of aromatic amines is 1. The molecule has 0 radical (unpaired) electrons. The van der Waals surface area contributed by atoms with Gasteiger partial charge in [0.2, 0.25) is 0 Å². The molecule has 3 nitrogen and oxygen atoms in total. The third-order valence-electron chi connectivity index (χ3n) is 1.68. The highest BCUT2D eigenvalue weighted by molar-refractivity contribution is 6.16. The van der Waals surface area contributed by atoms with E-state index in [1.807, 2.05) is 18.2 Å². The molecule has 0 atom stereocenters. The summed E-state index contributed by atoms with van der Waals surface area (Å²) in [5, 5.41) is 0. The highest BCUT2D eigenvalue weighted by Crippen LogP contribution is 2.15. The molecule has 0 bridgehead atoms. The third kappa shape index (κ3) is 1.12. The molecule has 2 rings (SSSR count). The fraction of sp³-hybridized carbons (Fsp3) is 0.125. The molecule has 0 aliphatic rings. The van der Waals surface area contributed by atoms with Crippen LogP contribution in [0.1, 0.15) is 5.82 Å². The van der Waals surface area contributed by atoms with Crippen molar-refractivity contribution in [3.8, 4) is 0 Å². The van der Waals surface area contributed by atoms with Crippen LogP contribution in [0.4, 0.5) is 5.69 Å². The van der Waals surface area contributed by atoms with E-state index in [1.165, 1.54) is 0 Å². The third-order valence-corrected chi connectivity index (χ3v) is 1.93. The molecule has 0 aliphatic carbocycles. The van der Waals surface area contributed by atoms with Crippen LogP contribution in [0.25, 0.3) is 11.0 Å². The Morgan fingerprint density at radius 2 is 2.33 bits per heavy atom. The van der Waals surface area contributed by atoms with Crippen LogP contribution in [0, 0.1) is 0 Å². The normalized spacial score (nSPS) is 10.8. The number of aromatic nitrogens is 2. The molecule has 0 fully saturated rings. The summed E-state index contributed by atoms with van der Waals surface area (Å²) in [6.07, 6.45) is 0. The summed E-state index contributed by atoms with van der Waals surface area (Å²) in [6, 6.07) is 5.54. The van der Waals surface area contributed by atoms with Crippen molar-refractivity contribution in [3.05, 3.63) is 24.0 Å². The summed E-state index contributed by atoms with van der Waals surface area (Å²) >= 11 is 5.61. The topological polar surface area (TPSA) is 54.7 Å². The summed E-state index contributed by atoms with van der Waals surface area (Å²) in [5.41, 5.74) is 8.16. The van der Waals surface area contributed by atoms with E-state index in [2.05, 4.69) is 9.97 Å². The summed E-state index contributed by atoms with van der Waals surface area (Å²) in [4.78, 5) is 7.29. The lowest BCUT2D eigenvalue weighted by Crippen LogP contribution is -1.82. The van der Waals surface area contributed by atoms with Gasteiger partial charge in [0.15, 0.2) is 0 Å². The van der Waals surface area contributed by atoms with Crippen molar-refractivity contribution >= 4 is 28.3 Å². The Hall–Kier alpha value is -1.22. The number of nitrogen functional groups attached to an aromatic ring is 1. The summed E-state index contributed by atoms with van der Waals surface area (Å²) < 4.78 is 0. The first-order valence-corrected chi connectivity index (χ1v) is 4.13. The van der Waals surface area contributed by atoms with Gasteiger partial charge in [0.1, 0.15) is 5.82 Å². The molecule has 2 aromatic rings. The number of halogens is 1. The van der Waals surface area contributed by atoms with Gasteiger partial charge in [0.05, 0.1) is 16.9 Å². The molecule has 1 aromatic heterocycles. The molecule has 1 heterocycles. The van der Waals surface area contributed by atoms with Crippen LogP contribution in [0.15, 0.2) is 18.2 Å². The first-order valence-electron chi connectivity index (χ1n) is 3.59. The quantitative estimate of drug-likeness (QED) is 0.522. The van der Waals surface area contributed by atoms with Crippen molar-refractivity contribution in [3.63, 3.8) is 0 Å². The van der Waals surface area contributed by atoms with Gasteiger partial charge in [-0.15, -0.1) is 11.6 Å².